The number of hydrogen-bond donors (Lipinski definition) is 5. The molecule has 7 N–H and O–H groups in total. The van der Waals surface area contributed by atoms with E-state index in [1.807, 2.05) is 0 Å². The minimum absolute atomic E-state index is 0. The Morgan fingerprint density at radius 3 is 1.50 bits per heavy atom. The summed E-state index contributed by atoms with van der Waals surface area (Å²) in [7, 11) is -5.33. The highest BCUT2D eigenvalue weighted by Gasteiger charge is 2.48. The quantitative estimate of drug-likeness (QED) is 0.349. The van der Waals surface area contributed by atoms with E-state index in [2.05, 4.69) is 4.18 Å². The van der Waals surface area contributed by atoms with Crippen LogP contribution in [0, 0.1) is 0 Å². The molecule has 0 rings (SSSR count). The molecule has 0 radical (unpaired) electrons. The standard InChI is InChI=1S/C6H8O10S.H3N/c7-3(8)1-6(5(11)12,2-4(9)10)16-17(13,14)15;/h1-2H2,(H,7,8)(H,9,10)(H,11,12)(H,13,14,15);1H3. The van der Waals surface area contributed by atoms with E-state index in [4.69, 9.17) is 19.9 Å². The van der Waals surface area contributed by atoms with Crippen LogP contribution in [0.25, 0.3) is 0 Å². The molecule has 11 nitrogen and oxygen atoms in total. The minimum atomic E-state index is -5.33. The first-order chi connectivity index (χ1) is 7.48. The second-order valence-electron chi connectivity index (χ2n) is 2.95. The molecule has 12 heteroatoms. The average molecular weight is 289 g/mol. The number of hydrogen-bond acceptors (Lipinski definition) is 7. The lowest BCUT2D eigenvalue weighted by molar-refractivity contribution is -0.167. The Kier molecular flexibility index (Phi) is 6.46. The van der Waals surface area contributed by atoms with Crippen LogP contribution in [0.4, 0.5) is 0 Å². The van der Waals surface area contributed by atoms with E-state index in [-0.39, 0.29) is 6.15 Å². The molecule has 0 aromatic carbocycles. The molecule has 0 bridgehead atoms. The molecule has 0 aliphatic heterocycles. The predicted molar refractivity (Wildman–Crippen MR) is 52.5 cm³/mol. The van der Waals surface area contributed by atoms with Crippen molar-refractivity contribution in [3.63, 3.8) is 0 Å². The van der Waals surface area contributed by atoms with Crippen molar-refractivity contribution in [2.45, 2.75) is 18.4 Å². The maximum Gasteiger partial charge on any atom is 0.398 e. The van der Waals surface area contributed by atoms with Crippen LogP contribution in [0.1, 0.15) is 12.8 Å². The predicted octanol–water partition coefficient (Wildman–Crippen LogP) is -1.26. The van der Waals surface area contributed by atoms with Gasteiger partial charge in [-0.25, -0.2) is 8.98 Å². The summed E-state index contributed by atoms with van der Waals surface area (Å²) in [5.41, 5.74) is -3.09. The van der Waals surface area contributed by atoms with Crippen molar-refractivity contribution in [2.75, 3.05) is 0 Å². The Labute approximate surface area is 101 Å². The summed E-state index contributed by atoms with van der Waals surface area (Å²) in [6, 6.07) is 0. The van der Waals surface area contributed by atoms with E-state index < -0.39 is 46.7 Å². The number of rotatable bonds is 7. The van der Waals surface area contributed by atoms with Crippen LogP contribution in [0.2, 0.25) is 0 Å². The van der Waals surface area contributed by atoms with E-state index in [1.165, 1.54) is 0 Å². The summed E-state index contributed by atoms with van der Waals surface area (Å²) in [4.78, 5) is 31.5. The third kappa shape index (κ3) is 6.09. The highest BCUT2D eigenvalue weighted by atomic mass is 32.3. The summed E-state index contributed by atoms with van der Waals surface area (Å²) >= 11 is 0. The first kappa shape index (κ1) is 18.6. The zero-order chi connectivity index (χ0) is 13.9. The second kappa shape index (κ2) is 6.25. The van der Waals surface area contributed by atoms with Gasteiger partial charge in [-0.05, 0) is 0 Å². The molecule has 106 valence electrons. The Balaban J connectivity index is 0. The lowest BCUT2D eigenvalue weighted by Gasteiger charge is -2.23. The van der Waals surface area contributed by atoms with Gasteiger partial charge in [0.05, 0.1) is 12.8 Å². The maximum atomic E-state index is 10.7. The van der Waals surface area contributed by atoms with Crippen LogP contribution in [-0.2, 0) is 29.0 Å². The van der Waals surface area contributed by atoms with Gasteiger partial charge in [0.25, 0.3) is 0 Å². The molecular formula is C6H11NO10S. The van der Waals surface area contributed by atoms with Crippen molar-refractivity contribution in [1.82, 2.24) is 6.15 Å². The molecule has 0 unspecified atom stereocenters. The lowest BCUT2D eigenvalue weighted by atomic mass is 9.96. The topological polar surface area (TPSA) is 210 Å². The number of carbonyl (C=O) groups is 3. The zero-order valence-electron chi connectivity index (χ0n) is 8.77. The highest BCUT2D eigenvalue weighted by Crippen LogP contribution is 2.24. The normalized spacial score (nSPS) is 11.4. The van der Waals surface area contributed by atoms with E-state index >= 15 is 0 Å². The van der Waals surface area contributed by atoms with Crippen LogP contribution in [0.3, 0.4) is 0 Å². The van der Waals surface area contributed by atoms with E-state index in [9.17, 15) is 22.8 Å². The molecule has 0 saturated carbocycles. The fraction of sp³-hybridized carbons (Fsp3) is 0.500. The highest BCUT2D eigenvalue weighted by molar-refractivity contribution is 7.81. The van der Waals surface area contributed by atoms with Gasteiger partial charge in [0.1, 0.15) is 0 Å². The van der Waals surface area contributed by atoms with Crippen molar-refractivity contribution in [3.8, 4) is 0 Å². The van der Waals surface area contributed by atoms with Gasteiger partial charge in [0.15, 0.2) is 0 Å². The average Bonchev–Trinajstić information content (AvgIpc) is 1.96. The first-order valence-corrected chi connectivity index (χ1v) is 5.20. The summed E-state index contributed by atoms with van der Waals surface area (Å²) in [6.45, 7) is 0. The summed E-state index contributed by atoms with van der Waals surface area (Å²) in [5, 5.41) is 25.4. The zero-order valence-corrected chi connectivity index (χ0v) is 9.58. The van der Waals surface area contributed by atoms with Gasteiger partial charge in [0, 0.05) is 0 Å². The fourth-order valence-electron chi connectivity index (χ4n) is 0.998. The molecule has 18 heavy (non-hydrogen) atoms. The second-order valence-corrected chi connectivity index (χ2v) is 3.97. The van der Waals surface area contributed by atoms with E-state index in [0.29, 0.717) is 0 Å². The number of aliphatic carboxylic acids is 3. The number of carboxylic acid groups (broad SMARTS) is 3. The van der Waals surface area contributed by atoms with Gasteiger partial charge < -0.3 is 21.5 Å². The van der Waals surface area contributed by atoms with E-state index in [1.54, 1.807) is 0 Å². The Morgan fingerprint density at radius 2 is 1.33 bits per heavy atom. The molecular weight excluding hydrogens is 278 g/mol. The summed E-state index contributed by atoms with van der Waals surface area (Å²) < 4.78 is 32.8. The summed E-state index contributed by atoms with van der Waals surface area (Å²) in [5.74, 6) is -5.76. The summed E-state index contributed by atoms with van der Waals surface area (Å²) in [6.07, 6.45) is -2.90. The lowest BCUT2D eigenvalue weighted by Crippen LogP contribution is -2.46. The molecule has 0 fully saturated rings. The fourth-order valence-corrected chi connectivity index (χ4v) is 1.59. The molecule has 0 amide bonds. The maximum absolute atomic E-state index is 10.7. The van der Waals surface area contributed by atoms with Crippen LogP contribution in [-0.4, -0.2) is 51.8 Å². The first-order valence-electron chi connectivity index (χ1n) is 3.83. The van der Waals surface area contributed by atoms with Crippen LogP contribution < -0.4 is 6.15 Å². The van der Waals surface area contributed by atoms with Gasteiger partial charge in [-0.2, -0.15) is 8.42 Å². The Bertz CT molecular complexity index is 423. The van der Waals surface area contributed by atoms with Crippen molar-refractivity contribution >= 4 is 28.3 Å². The van der Waals surface area contributed by atoms with Gasteiger partial charge in [0.2, 0.25) is 5.60 Å². The monoisotopic (exact) mass is 289 g/mol. The SMILES string of the molecule is N.O=C(O)CC(CC(=O)O)(OS(=O)(=O)O)C(=O)O. The molecule has 0 aromatic heterocycles. The number of carboxylic acids is 3. The van der Waals surface area contributed by atoms with Gasteiger partial charge in [-0.3, -0.25) is 14.1 Å². The molecule has 0 aliphatic rings. The third-order valence-corrected chi connectivity index (χ3v) is 2.06. The van der Waals surface area contributed by atoms with E-state index in [0.717, 1.165) is 0 Å². The van der Waals surface area contributed by atoms with Crippen molar-refractivity contribution < 1.29 is 46.9 Å². The van der Waals surface area contributed by atoms with Crippen molar-refractivity contribution in [2.24, 2.45) is 0 Å². The van der Waals surface area contributed by atoms with Crippen LogP contribution in [0.15, 0.2) is 0 Å². The van der Waals surface area contributed by atoms with Crippen molar-refractivity contribution in [1.29, 1.82) is 0 Å². The molecule has 0 saturated heterocycles. The van der Waals surface area contributed by atoms with Crippen molar-refractivity contribution in [3.05, 3.63) is 0 Å². The van der Waals surface area contributed by atoms with Gasteiger partial charge >= 0.3 is 28.3 Å². The molecule has 0 aromatic rings. The van der Waals surface area contributed by atoms with Crippen LogP contribution in [0.5, 0.6) is 0 Å². The third-order valence-electron chi connectivity index (χ3n) is 1.53. The molecule has 0 atom stereocenters. The molecule has 0 spiro atoms. The smallest absolute Gasteiger partial charge is 0.398 e. The van der Waals surface area contributed by atoms with Crippen LogP contribution >= 0.6 is 0 Å². The van der Waals surface area contributed by atoms with Gasteiger partial charge in [-0.1, -0.05) is 0 Å². The molecule has 0 aliphatic carbocycles. The Morgan fingerprint density at radius 1 is 1.00 bits per heavy atom. The Hall–Kier alpha value is -1.76. The van der Waals surface area contributed by atoms with Gasteiger partial charge in [-0.15, -0.1) is 0 Å². The largest absolute Gasteiger partial charge is 0.481 e. The minimum Gasteiger partial charge on any atom is -0.481 e. The molecule has 0 heterocycles.